The number of ether oxygens (including phenoxy) is 2. The van der Waals surface area contributed by atoms with Gasteiger partial charge in [0.2, 0.25) is 0 Å². The standard InChI is InChI=1S/C47H85O19P3/c1-3-5-7-9-11-13-15-17-19-20-22-23-25-27-29-31-33-35-40(48)61-37-39(63-41(49)36-34-32-30-28-26-24-21-18-16-14-12-10-8-6-4-2)38-62-69(59,60)66-45-42(50)43(51)46(64-67(53,54)55)47(44(45)52)65-68(56,57)58/h11-14,17-19,21,39,42-47,50-52H,3-10,15-16,20,22-38H2,1-2H3,(H,59,60)(H2,53,54,55)(H2,56,57,58). The van der Waals surface area contributed by atoms with E-state index in [0.29, 0.717) is 12.8 Å². The van der Waals surface area contributed by atoms with Gasteiger partial charge in [-0.2, -0.15) is 0 Å². The van der Waals surface area contributed by atoms with Crippen molar-refractivity contribution in [2.45, 2.75) is 224 Å². The summed E-state index contributed by atoms with van der Waals surface area (Å²) in [4.78, 5) is 73.3. The van der Waals surface area contributed by atoms with Gasteiger partial charge in [0.25, 0.3) is 0 Å². The highest BCUT2D eigenvalue weighted by Gasteiger charge is 2.56. The molecule has 8 atom stereocenters. The van der Waals surface area contributed by atoms with Crippen LogP contribution in [-0.4, -0.2) is 108 Å². The fourth-order valence-corrected chi connectivity index (χ4v) is 9.44. The number of hydrogen-bond donors (Lipinski definition) is 8. The normalized spacial score (nSPS) is 21.7. The number of hydrogen-bond acceptors (Lipinski definition) is 14. The number of allylic oxidation sites excluding steroid dienone is 8. The molecule has 0 heterocycles. The first-order chi connectivity index (χ1) is 32.8. The fraction of sp³-hybridized carbons (Fsp3) is 0.787. The van der Waals surface area contributed by atoms with E-state index in [1.165, 1.54) is 38.5 Å². The third-order valence-corrected chi connectivity index (χ3v) is 13.1. The van der Waals surface area contributed by atoms with Crippen LogP contribution in [0.2, 0.25) is 0 Å². The third kappa shape index (κ3) is 35.0. The highest BCUT2D eigenvalue weighted by atomic mass is 31.2. The molecule has 0 aromatic rings. The molecule has 1 fully saturated rings. The van der Waals surface area contributed by atoms with Gasteiger partial charge in [-0.1, -0.05) is 140 Å². The van der Waals surface area contributed by atoms with Gasteiger partial charge in [0.1, 0.15) is 43.2 Å². The molecule has 1 aliphatic rings. The van der Waals surface area contributed by atoms with Gasteiger partial charge in [0.05, 0.1) is 6.61 Å². The lowest BCUT2D eigenvalue weighted by Gasteiger charge is -2.44. The predicted molar refractivity (Wildman–Crippen MR) is 261 cm³/mol. The lowest BCUT2D eigenvalue weighted by atomic mass is 9.85. The minimum Gasteiger partial charge on any atom is -0.462 e. The zero-order valence-electron chi connectivity index (χ0n) is 40.9. The van der Waals surface area contributed by atoms with Crippen LogP contribution < -0.4 is 0 Å². The Hall–Kier alpha value is -1.89. The van der Waals surface area contributed by atoms with Crippen LogP contribution in [0.4, 0.5) is 0 Å². The third-order valence-electron chi connectivity index (χ3n) is 11.1. The molecule has 0 amide bonds. The van der Waals surface area contributed by atoms with Crippen LogP contribution in [0, 0.1) is 0 Å². The minimum atomic E-state index is -5.61. The van der Waals surface area contributed by atoms with Crippen LogP contribution in [-0.2, 0) is 50.9 Å². The Morgan fingerprint density at radius 2 is 0.841 bits per heavy atom. The maximum atomic E-state index is 13.1. The van der Waals surface area contributed by atoms with Crippen molar-refractivity contribution in [1.29, 1.82) is 0 Å². The summed E-state index contributed by atoms with van der Waals surface area (Å²) in [6.45, 7) is 2.88. The number of esters is 2. The van der Waals surface area contributed by atoms with Gasteiger partial charge in [-0.15, -0.1) is 0 Å². The van der Waals surface area contributed by atoms with Crippen molar-refractivity contribution in [2.75, 3.05) is 13.2 Å². The molecule has 0 aliphatic heterocycles. The molecule has 0 radical (unpaired) electrons. The smallest absolute Gasteiger partial charge is 0.462 e. The molecule has 402 valence electrons. The minimum absolute atomic E-state index is 0.0209. The quantitative estimate of drug-likeness (QED) is 0.0122. The van der Waals surface area contributed by atoms with Gasteiger partial charge >= 0.3 is 35.4 Å². The van der Waals surface area contributed by atoms with Crippen LogP contribution >= 0.6 is 23.5 Å². The molecule has 19 nitrogen and oxygen atoms in total. The summed E-state index contributed by atoms with van der Waals surface area (Å²) in [5, 5.41) is 31.9. The Balaban J connectivity index is 2.72. The fourth-order valence-electron chi connectivity index (χ4n) is 7.35. The molecular formula is C47H85O19P3. The summed E-state index contributed by atoms with van der Waals surface area (Å²) < 4.78 is 65.5. The molecule has 8 N–H and O–H groups in total. The molecule has 1 saturated carbocycles. The second-order valence-electron chi connectivity index (χ2n) is 17.4. The van der Waals surface area contributed by atoms with Gasteiger partial charge in [0.15, 0.2) is 6.10 Å². The number of phosphoric ester groups is 3. The van der Waals surface area contributed by atoms with Gasteiger partial charge in [-0.05, 0) is 77.0 Å². The summed E-state index contributed by atoms with van der Waals surface area (Å²) in [5.74, 6) is -1.32. The van der Waals surface area contributed by atoms with E-state index in [0.717, 1.165) is 103 Å². The predicted octanol–water partition coefficient (Wildman–Crippen LogP) is 9.40. The van der Waals surface area contributed by atoms with E-state index in [-0.39, 0.29) is 12.8 Å². The van der Waals surface area contributed by atoms with E-state index in [2.05, 4.69) is 71.5 Å². The van der Waals surface area contributed by atoms with E-state index in [9.17, 15) is 63.1 Å². The molecule has 0 bridgehead atoms. The van der Waals surface area contributed by atoms with Gasteiger partial charge < -0.3 is 49.3 Å². The highest BCUT2D eigenvalue weighted by molar-refractivity contribution is 7.47. The summed E-state index contributed by atoms with van der Waals surface area (Å²) in [6, 6.07) is 0. The second-order valence-corrected chi connectivity index (χ2v) is 21.2. The molecule has 0 saturated heterocycles. The molecule has 1 rings (SSSR count). The van der Waals surface area contributed by atoms with E-state index in [1.54, 1.807) is 0 Å². The lowest BCUT2D eigenvalue weighted by molar-refractivity contribution is -0.213. The Morgan fingerprint density at radius 1 is 0.464 bits per heavy atom. The SMILES string of the molecule is CCCCCC=CCC=CCCCCCCCCCC(=O)OCC(COP(=O)(O)OC1C(O)C(O)C(OP(=O)(O)O)C(OP(=O)(O)O)C1O)OC(=O)CCCCCCCC=CCC=CCCCCC. The molecular weight excluding hydrogens is 961 g/mol. The lowest BCUT2D eigenvalue weighted by Crippen LogP contribution is -2.65. The summed E-state index contributed by atoms with van der Waals surface area (Å²) in [5.41, 5.74) is 0. The number of aliphatic hydroxyl groups is 3. The van der Waals surface area contributed by atoms with E-state index in [1.807, 2.05) is 0 Å². The zero-order chi connectivity index (χ0) is 51.4. The van der Waals surface area contributed by atoms with Crippen LogP contribution in [0.15, 0.2) is 48.6 Å². The average molecular weight is 1050 g/mol. The summed E-state index contributed by atoms with van der Waals surface area (Å²) >= 11 is 0. The van der Waals surface area contributed by atoms with Crippen molar-refractivity contribution in [3.63, 3.8) is 0 Å². The van der Waals surface area contributed by atoms with Gasteiger partial charge in [0, 0.05) is 12.8 Å². The number of phosphoric acid groups is 3. The van der Waals surface area contributed by atoms with E-state index in [4.69, 9.17) is 18.5 Å². The Bertz CT molecular complexity index is 1630. The Kier molecular flexibility index (Phi) is 36.5. The first-order valence-electron chi connectivity index (χ1n) is 24.9. The molecule has 0 aromatic carbocycles. The summed E-state index contributed by atoms with van der Waals surface area (Å²) in [6.07, 6.45) is 25.4. The van der Waals surface area contributed by atoms with Crippen molar-refractivity contribution >= 4 is 35.4 Å². The Morgan fingerprint density at radius 3 is 1.28 bits per heavy atom. The van der Waals surface area contributed by atoms with Crippen LogP contribution in [0.3, 0.4) is 0 Å². The number of aliphatic hydroxyl groups excluding tert-OH is 3. The molecule has 1 aliphatic carbocycles. The molecule has 8 unspecified atom stereocenters. The number of carbonyl (C=O) groups is 2. The molecule has 0 spiro atoms. The molecule has 69 heavy (non-hydrogen) atoms. The second kappa shape index (κ2) is 38.7. The monoisotopic (exact) mass is 1050 g/mol. The van der Waals surface area contributed by atoms with Crippen molar-refractivity contribution < 1.29 is 90.6 Å². The van der Waals surface area contributed by atoms with Gasteiger partial charge in [-0.25, -0.2) is 13.7 Å². The van der Waals surface area contributed by atoms with E-state index < -0.39 is 91.3 Å². The molecule has 0 aromatic heterocycles. The molecule has 22 heteroatoms. The van der Waals surface area contributed by atoms with Crippen molar-refractivity contribution in [1.82, 2.24) is 0 Å². The van der Waals surface area contributed by atoms with Crippen molar-refractivity contribution in [2.24, 2.45) is 0 Å². The first-order valence-corrected chi connectivity index (χ1v) is 29.5. The van der Waals surface area contributed by atoms with Gasteiger partial charge in [-0.3, -0.25) is 27.7 Å². The van der Waals surface area contributed by atoms with E-state index >= 15 is 0 Å². The largest absolute Gasteiger partial charge is 0.472 e. The maximum absolute atomic E-state index is 13.1. The van der Waals surface area contributed by atoms with Crippen LogP contribution in [0.1, 0.15) is 181 Å². The zero-order valence-corrected chi connectivity index (χ0v) is 43.6. The topological polar surface area (TPSA) is 303 Å². The van der Waals surface area contributed by atoms with Crippen LogP contribution in [0.5, 0.6) is 0 Å². The van der Waals surface area contributed by atoms with Crippen LogP contribution in [0.25, 0.3) is 0 Å². The van der Waals surface area contributed by atoms with Crippen molar-refractivity contribution in [3.05, 3.63) is 48.6 Å². The number of rotatable bonds is 42. The number of unbranched alkanes of at least 4 members (excludes halogenated alkanes) is 18. The number of carbonyl (C=O) groups excluding carboxylic acids is 2. The summed E-state index contributed by atoms with van der Waals surface area (Å²) in [7, 11) is -16.6. The van der Waals surface area contributed by atoms with Crippen molar-refractivity contribution in [3.8, 4) is 0 Å². The Labute approximate surface area is 410 Å². The average Bonchev–Trinajstić information content (AvgIpc) is 3.28. The maximum Gasteiger partial charge on any atom is 0.472 e. The first kappa shape index (κ1) is 65.1. The highest BCUT2D eigenvalue weighted by Crippen LogP contribution is 2.51.